The van der Waals surface area contributed by atoms with Crippen LogP contribution in [0.3, 0.4) is 0 Å². The minimum Gasteiger partial charge on any atom is -0.381 e. The predicted molar refractivity (Wildman–Crippen MR) is 109 cm³/mol. The Balaban J connectivity index is -0.000000322. The van der Waals surface area contributed by atoms with Crippen molar-refractivity contribution >= 4 is 17.3 Å². The first-order valence-electron chi connectivity index (χ1n) is 8.71. The lowest BCUT2D eigenvalue weighted by Gasteiger charge is -1.87. The molecule has 0 bridgehead atoms. The van der Waals surface area contributed by atoms with Gasteiger partial charge in [0.1, 0.15) is 17.3 Å². The van der Waals surface area contributed by atoms with Crippen LogP contribution in [0.1, 0.15) is 40.0 Å². The molecule has 0 rings (SSSR count). The molecule has 0 spiro atoms. The van der Waals surface area contributed by atoms with Crippen LogP contribution < -0.4 is 0 Å². The third kappa shape index (κ3) is 45.4. The van der Waals surface area contributed by atoms with E-state index >= 15 is 0 Å². The zero-order valence-corrected chi connectivity index (χ0v) is 17.7. The maximum atomic E-state index is 10.4. The molecule has 0 aromatic heterocycles. The molecule has 6 heteroatoms. The molecule has 0 fully saturated rings. The second-order valence-corrected chi connectivity index (χ2v) is 5.50. The van der Waals surface area contributed by atoms with Crippen molar-refractivity contribution in [2.45, 2.75) is 40.0 Å². The number of carbonyl (C=O) groups excluding carboxylic acids is 3. The van der Waals surface area contributed by atoms with E-state index in [9.17, 15) is 14.4 Å². The molecule has 0 radical (unpaired) electrons. The van der Waals surface area contributed by atoms with Gasteiger partial charge in [0.2, 0.25) is 0 Å². The summed E-state index contributed by atoms with van der Waals surface area (Å²) in [6.45, 7) is 6.55. The second-order valence-electron chi connectivity index (χ2n) is 5.50. The summed E-state index contributed by atoms with van der Waals surface area (Å²) < 4.78 is 14.2. The Bertz CT molecular complexity index is 424. The average Bonchev–Trinajstić information content (AvgIpc) is 2.60. The van der Waals surface area contributed by atoms with Gasteiger partial charge in [0, 0.05) is 40.6 Å². The number of ketones is 3. The molecule has 0 aliphatic rings. The molecule has 27 heavy (non-hydrogen) atoms. The highest BCUT2D eigenvalue weighted by Gasteiger charge is 1.87. The Morgan fingerprint density at radius 2 is 0.741 bits per heavy atom. The minimum absolute atomic E-state index is 0.125. The molecule has 0 aliphatic carbocycles. The quantitative estimate of drug-likeness (QED) is 0.479. The number of ether oxygens (including phenoxy) is 3. The van der Waals surface area contributed by atoms with Gasteiger partial charge in [-0.1, -0.05) is 36.5 Å². The molecular weight excluding hydrogens is 348 g/mol. The number of Topliss-reactive ketones (excluding diaryl/α,β-unsaturated/α-hetero) is 3. The summed E-state index contributed by atoms with van der Waals surface area (Å²) >= 11 is 0. The van der Waals surface area contributed by atoms with Crippen molar-refractivity contribution in [1.82, 2.24) is 0 Å². The lowest BCUT2D eigenvalue weighted by atomic mass is 10.2. The van der Waals surface area contributed by atoms with Gasteiger partial charge in [-0.25, -0.2) is 0 Å². The number of carbonyl (C=O) groups is 3. The van der Waals surface area contributed by atoms with E-state index < -0.39 is 0 Å². The Kier molecular flexibility index (Phi) is 29.1. The molecule has 0 aromatic carbocycles. The molecule has 6 nitrogen and oxygen atoms in total. The monoisotopic (exact) mass is 384 g/mol. The van der Waals surface area contributed by atoms with Crippen LogP contribution in [0.25, 0.3) is 0 Å². The highest BCUT2D eigenvalue weighted by molar-refractivity contribution is 5.78. The van der Waals surface area contributed by atoms with Gasteiger partial charge < -0.3 is 14.2 Å². The maximum Gasteiger partial charge on any atom is 0.133 e. The lowest BCUT2D eigenvalue weighted by molar-refractivity contribution is -0.117. The van der Waals surface area contributed by atoms with Gasteiger partial charge in [-0.05, 0) is 20.8 Å². The smallest absolute Gasteiger partial charge is 0.133 e. The summed E-state index contributed by atoms with van der Waals surface area (Å²) in [4.78, 5) is 31.0. The van der Waals surface area contributed by atoms with Gasteiger partial charge in [0.15, 0.2) is 0 Å². The molecule has 0 N–H and O–H groups in total. The Hall–Kier alpha value is -1.89. The summed E-state index contributed by atoms with van der Waals surface area (Å²) in [6, 6.07) is 0. The highest BCUT2D eigenvalue weighted by atomic mass is 16.5. The van der Waals surface area contributed by atoms with E-state index in [1.807, 2.05) is 24.3 Å². The fourth-order valence-corrected chi connectivity index (χ4v) is 1.24. The highest BCUT2D eigenvalue weighted by Crippen LogP contribution is 1.89. The normalized spacial score (nSPS) is 10.4. The fraction of sp³-hybridized carbons (Fsp3) is 0.571. The number of hydrogen-bond donors (Lipinski definition) is 0. The molecule has 156 valence electrons. The summed E-state index contributed by atoms with van der Waals surface area (Å²) in [6.07, 6.45) is 12.3. The SMILES string of the molecule is CC(=O)CC=CCC(C)=O.COCC=CCC(C)=O.COCC=CCOC. The van der Waals surface area contributed by atoms with Crippen LogP contribution in [-0.4, -0.2) is 58.5 Å². The van der Waals surface area contributed by atoms with Gasteiger partial charge in [-0.2, -0.15) is 0 Å². The molecule has 0 saturated carbocycles. The number of hydrogen-bond acceptors (Lipinski definition) is 6. The van der Waals surface area contributed by atoms with Crippen LogP contribution in [0.15, 0.2) is 36.5 Å². The zero-order chi connectivity index (χ0) is 21.3. The van der Waals surface area contributed by atoms with Gasteiger partial charge in [0.25, 0.3) is 0 Å². The van der Waals surface area contributed by atoms with Crippen LogP contribution in [0.2, 0.25) is 0 Å². The van der Waals surface area contributed by atoms with Crippen LogP contribution in [0, 0.1) is 0 Å². The first kappa shape index (κ1) is 29.9. The molecule has 0 atom stereocenters. The van der Waals surface area contributed by atoms with Crippen molar-refractivity contribution in [3.8, 4) is 0 Å². The van der Waals surface area contributed by atoms with Gasteiger partial charge in [-0.3, -0.25) is 14.4 Å². The number of methoxy groups -OCH3 is 3. The zero-order valence-electron chi connectivity index (χ0n) is 17.7. The van der Waals surface area contributed by atoms with Gasteiger partial charge in [-0.15, -0.1) is 0 Å². The van der Waals surface area contributed by atoms with E-state index in [-0.39, 0.29) is 17.3 Å². The van der Waals surface area contributed by atoms with E-state index in [4.69, 9.17) is 14.2 Å². The van der Waals surface area contributed by atoms with E-state index in [0.29, 0.717) is 39.1 Å². The second kappa shape index (κ2) is 26.3. The summed E-state index contributed by atoms with van der Waals surface area (Å²) in [5.41, 5.74) is 0. The van der Waals surface area contributed by atoms with Crippen molar-refractivity contribution in [3.05, 3.63) is 36.5 Å². The standard InChI is InChI=1S/C8H12O2.C7H12O2.C6H12O2/c1-7(9)5-3-4-6-8(2)10;1-7(8)5-3-4-6-9-2;1-7-5-3-4-6-8-2/h3-4H,5-6H2,1-2H3;3-4H,5-6H2,1-2H3;3-4H,5-6H2,1-2H3. The van der Waals surface area contributed by atoms with Crippen molar-refractivity contribution in [2.24, 2.45) is 0 Å². The molecule has 0 heterocycles. The summed E-state index contributed by atoms with van der Waals surface area (Å²) in [5.74, 6) is 0.432. The van der Waals surface area contributed by atoms with Gasteiger partial charge in [0.05, 0.1) is 19.8 Å². The fourth-order valence-electron chi connectivity index (χ4n) is 1.24. The Morgan fingerprint density at radius 3 is 0.963 bits per heavy atom. The van der Waals surface area contributed by atoms with Crippen molar-refractivity contribution in [3.63, 3.8) is 0 Å². The molecular formula is C21H36O6. The topological polar surface area (TPSA) is 78.9 Å². The molecule has 0 aliphatic heterocycles. The van der Waals surface area contributed by atoms with E-state index in [0.717, 1.165) is 0 Å². The van der Waals surface area contributed by atoms with E-state index in [1.165, 1.54) is 13.8 Å². The third-order valence-corrected chi connectivity index (χ3v) is 2.50. The Labute approximate surface area is 164 Å². The molecule has 0 amide bonds. The Morgan fingerprint density at radius 1 is 0.519 bits per heavy atom. The maximum absolute atomic E-state index is 10.4. The lowest BCUT2D eigenvalue weighted by Crippen LogP contribution is -1.87. The molecule has 0 aromatic rings. The van der Waals surface area contributed by atoms with Crippen LogP contribution in [0.4, 0.5) is 0 Å². The molecule has 0 saturated heterocycles. The first-order chi connectivity index (χ1) is 12.8. The average molecular weight is 385 g/mol. The first-order valence-corrected chi connectivity index (χ1v) is 8.71. The van der Waals surface area contributed by atoms with Crippen molar-refractivity contribution < 1.29 is 28.6 Å². The van der Waals surface area contributed by atoms with Crippen LogP contribution in [-0.2, 0) is 28.6 Å². The predicted octanol–water partition coefficient (Wildman–Crippen LogP) is 3.50. The van der Waals surface area contributed by atoms with Gasteiger partial charge >= 0.3 is 0 Å². The third-order valence-electron chi connectivity index (χ3n) is 2.50. The molecule has 0 unspecified atom stereocenters. The van der Waals surface area contributed by atoms with E-state index in [2.05, 4.69) is 0 Å². The summed E-state index contributed by atoms with van der Waals surface area (Å²) in [5, 5.41) is 0. The number of rotatable bonds is 12. The van der Waals surface area contributed by atoms with Crippen molar-refractivity contribution in [1.29, 1.82) is 0 Å². The van der Waals surface area contributed by atoms with Crippen LogP contribution >= 0.6 is 0 Å². The van der Waals surface area contributed by atoms with E-state index in [1.54, 1.807) is 40.4 Å². The largest absolute Gasteiger partial charge is 0.381 e. The van der Waals surface area contributed by atoms with Crippen molar-refractivity contribution in [2.75, 3.05) is 41.2 Å². The summed E-state index contributed by atoms with van der Waals surface area (Å²) in [7, 11) is 4.95. The minimum atomic E-state index is 0.125. The number of allylic oxidation sites excluding steroid dienone is 3. The van der Waals surface area contributed by atoms with Crippen LogP contribution in [0.5, 0.6) is 0 Å².